The van der Waals surface area contributed by atoms with Gasteiger partial charge in [-0.05, 0) is 24.3 Å². The number of benzene rings is 1. The van der Waals surface area contributed by atoms with Crippen molar-refractivity contribution in [2.75, 3.05) is 7.11 Å². The van der Waals surface area contributed by atoms with Crippen molar-refractivity contribution >= 4 is 5.97 Å². The SMILES string of the molecule is COC(C)=O.c1ccc(C2CCCCC2)cc1. The Morgan fingerprint density at radius 3 is 2.12 bits per heavy atom. The van der Waals surface area contributed by atoms with Gasteiger partial charge in [-0.3, -0.25) is 4.79 Å². The Balaban J connectivity index is 0.000000249. The van der Waals surface area contributed by atoms with Crippen molar-refractivity contribution in [2.45, 2.75) is 44.9 Å². The summed E-state index contributed by atoms with van der Waals surface area (Å²) in [6, 6.07) is 11.0. The van der Waals surface area contributed by atoms with Crippen LogP contribution in [0.5, 0.6) is 0 Å². The average Bonchev–Trinajstić information content (AvgIpc) is 2.41. The molecule has 2 heteroatoms. The van der Waals surface area contributed by atoms with E-state index in [9.17, 15) is 4.79 Å². The molecule has 2 nitrogen and oxygen atoms in total. The zero-order chi connectivity index (χ0) is 12.5. The van der Waals surface area contributed by atoms with Gasteiger partial charge in [0.25, 0.3) is 0 Å². The third kappa shape index (κ3) is 5.53. The second kappa shape index (κ2) is 7.88. The summed E-state index contributed by atoms with van der Waals surface area (Å²) in [7, 11) is 1.35. The highest BCUT2D eigenvalue weighted by Gasteiger charge is 2.14. The quantitative estimate of drug-likeness (QED) is 0.688. The summed E-state index contributed by atoms with van der Waals surface area (Å²) < 4.78 is 4.11. The number of carbonyl (C=O) groups excluding carboxylic acids is 1. The molecule has 0 N–H and O–H groups in total. The predicted molar refractivity (Wildman–Crippen MR) is 70.0 cm³/mol. The highest BCUT2D eigenvalue weighted by molar-refractivity contribution is 5.65. The molecule has 0 heterocycles. The Morgan fingerprint density at radius 2 is 1.65 bits per heavy atom. The zero-order valence-corrected chi connectivity index (χ0v) is 10.8. The van der Waals surface area contributed by atoms with Gasteiger partial charge in [-0.25, -0.2) is 0 Å². The van der Waals surface area contributed by atoms with Gasteiger partial charge in [0.15, 0.2) is 0 Å². The lowest BCUT2D eigenvalue weighted by Gasteiger charge is -2.21. The van der Waals surface area contributed by atoms with Gasteiger partial charge >= 0.3 is 5.97 Å². The summed E-state index contributed by atoms with van der Waals surface area (Å²) in [4.78, 5) is 9.59. The van der Waals surface area contributed by atoms with Gasteiger partial charge in [-0.1, -0.05) is 49.6 Å². The van der Waals surface area contributed by atoms with Gasteiger partial charge in [0.1, 0.15) is 0 Å². The molecule has 0 spiro atoms. The minimum Gasteiger partial charge on any atom is -0.469 e. The van der Waals surface area contributed by atoms with Crippen LogP contribution in [0.15, 0.2) is 30.3 Å². The third-order valence-corrected chi connectivity index (χ3v) is 3.16. The van der Waals surface area contributed by atoms with E-state index in [0.29, 0.717) is 0 Å². The van der Waals surface area contributed by atoms with Gasteiger partial charge < -0.3 is 4.74 Å². The van der Waals surface area contributed by atoms with Gasteiger partial charge in [0.05, 0.1) is 7.11 Å². The first kappa shape index (κ1) is 13.8. The molecular formula is C15H22O2. The Hall–Kier alpha value is -1.31. The topological polar surface area (TPSA) is 26.3 Å². The molecule has 1 fully saturated rings. The highest BCUT2D eigenvalue weighted by atomic mass is 16.5. The molecular weight excluding hydrogens is 212 g/mol. The van der Waals surface area contributed by atoms with E-state index < -0.39 is 0 Å². The second-order valence-corrected chi connectivity index (χ2v) is 4.44. The average molecular weight is 234 g/mol. The maximum atomic E-state index is 9.59. The van der Waals surface area contributed by atoms with Crippen LogP contribution in [0.2, 0.25) is 0 Å². The minimum absolute atomic E-state index is 0.245. The molecule has 1 aromatic rings. The fraction of sp³-hybridized carbons (Fsp3) is 0.533. The summed E-state index contributed by atoms with van der Waals surface area (Å²) in [5.74, 6) is 0.616. The molecule has 2 rings (SSSR count). The first-order chi connectivity index (χ1) is 8.24. The monoisotopic (exact) mass is 234 g/mol. The summed E-state index contributed by atoms with van der Waals surface area (Å²) >= 11 is 0. The number of carbonyl (C=O) groups is 1. The highest BCUT2D eigenvalue weighted by Crippen LogP contribution is 2.31. The van der Waals surface area contributed by atoms with Crippen molar-refractivity contribution in [3.63, 3.8) is 0 Å². The minimum atomic E-state index is -0.245. The van der Waals surface area contributed by atoms with Crippen LogP contribution in [0.1, 0.15) is 50.5 Å². The van der Waals surface area contributed by atoms with E-state index >= 15 is 0 Å². The number of esters is 1. The van der Waals surface area contributed by atoms with E-state index in [2.05, 4.69) is 35.1 Å². The number of ether oxygens (including phenoxy) is 1. The Bertz CT molecular complexity index is 313. The van der Waals surface area contributed by atoms with Crippen LogP contribution in [0.4, 0.5) is 0 Å². The molecule has 1 saturated carbocycles. The molecule has 17 heavy (non-hydrogen) atoms. The molecule has 0 amide bonds. The molecule has 0 unspecified atom stereocenters. The second-order valence-electron chi connectivity index (χ2n) is 4.44. The molecule has 0 atom stereocenters. The summed E-state index contributed by atoms with van der Waals surface area (Å²) in [6.07, 6.45) is 7.12. The zero-order valence-electron chi connectivity index (χ0n) is 10.8. The summed E-state index contributed by atoms with van der Waals surface area (Å²) in [5, 5.41) is 0. The lowest BCUT2D eigenvalue weighted by Crippen LogP contribution is -2.03. The van der Waals surface area contributed by atoms with Crippen LogP contribution in [0.3, 0.4) is 0 Å². The van der Waals surface area contributed by atoms with Crippen molar-refractivity contribution in [1.29, 1.82) is 0 Å². The number of hydrogen-bond acceptors (Lipinski definition) is 2. The van der Waals surface area contributed by atoms with Crippen LogP contribution >= 0.6 is 0 Å². The van der Waals surface area contributed by atoms with E-state index in [1.54, 1.807) is 5.56 Å². The van der Waals surface area contributed by atoms with E-state index in [1.165, 1.54) is 46.1 Å². The van der Waals surface area contributed by atoms with E-state index in [-0.39, 0.29) is 5.97 Å². The van der Waals surface area contributed by atoms with E-state index in [0.717, 1.165) is 5.92 Å². The van der Waals surface area contributed by atoms with Crippen molar-refractivity contribution in [1.82, 2.24) is 0 Å². The van der Waals surface area contributed by atoms with E-state index in [4.69, 9.17) is 0 Å². The molecule has 0 aliphatic heterocycles. The molecule has 94 valence electrons. The molecule has 1 aliphatic rings. The normalized spacial score (nSPS) is 15.6. The maximum absolute atomic E-state index is 9.59. The van der Waals surface area contributed by atoms with Crippen molar-refractivity contribution in [3.05, 3.63) is 35.9 Å². The van der Waals surface area contributed by atoms with Gasteiger partial charge in [0.2, 0.25) is 0 Å². The smallest absolute Gasteiger partial charge is 0.302 e. The van der Waals surface area contributed by atoms with Crippen LogP contribution in [-0.2, 0) is 9.53 Å². The lowest BCUT2D eigenvalue weighted by atomic mass is 9.84. The number of rotatable bonds is 1. The fourth-order valence-electron chi connectivity index (χ4n) is 2.16. The Labute approximate surface area is 104 Å². The lowest BCUT2D eigenvalue weighted by molar-refractivity contribution is -0.137. The van der Waals surface area contributed by atoms with Crippen LogP contribution < -0.4 is 0 Å². The first-order valence-corrected chi connectivity index (χ1v) is 6.33. The Morgan fingerprint density at radius 1 is 1.12 bits per heavy atom. The van der Waals surface area contributed by atoms with Gasteiger partial charge in [-0.2, -0.15) is 0 Å². The maximum Gasteiger partial charge on any atom is 0.302 e. The molecule has 1 aliphatic carbocycles. The van der Waals surface area contributed by atoms with Crippen molar-refractivity contribution in [2.24, 2.45) is 0 Å². The fourth-order valence-corrected chi connectivity index (χ4v) is 2.16. The summed E-state index contributed by atoms with van der Waals surface area (Å²) in [5.41, 5.74) is 1.55. The van der Waals surface area contributed by atoms with Gasteiger partial charge in [0, 0.05) is 6.92 Å². The third-order valence-electron chi connectivity index (χ3n) is 3.16. The van der Waals surface area contributed by atoms with Crippen molar-refractivity contribution in [3.8, 4) is 0 Å². The molecule has 0 bridgehead atoms. The largest absolute Gasteiger partial charge is 0.469 e. The van der Waals surface area contributed by atoms with Gasteiger partial charge in [-0.15, -0.1) is 0 Å². The van der Waals surface area contributed by atoms with Crippen LogP contribution in [-0.4, -0.2) is 13.1 Å². The van der Waals surface area contributed by atoms with Crippen molar-refractivity contribution < 1.29 is 9.53 Å². The van der Waals surface area contributed by atoms with Crippen LogP contribution in [0, 0.1) is 0 Å². The molecule has 1 aromatic carbocycles. The molecule has 0 saturated heterocycles. The Kier molecular flexibility index (Phi) is 6.38. The molecule has 0 radical (unpaired) electrons. The number of hydrogen-bond donors (Lipinski definition) is 0. The first-order valence-electron chi connectivity index (χ1n) is 6.33. The van der Waals surface area contributed by atoms with Crippen LogP contribution in [0.25, 0.3) is 0 Å². The summed E-state index contributed by atoms with van der Waals surface area (Å²) in [6.45, 7) is 1.36. The number of methoxy groups -OCH3 is 1. The predicted octanol–water partition coefficient (Wildman–Crippen LogP) is 3.91. The standard InChI is InChI=1S/C12H16.C3H6O2/c1-3-7-11(8-4-1)12-9-5-2-6-10-12;1-3(4)5-2/h1,3-4,7-8,12H,2,5-6,9-10H2;1-2H3. The van der Waals surface area contributed by atoms with E-state index in [1.807, 2.05) is 0 Å². The molecule has 0 aromatic heterocycles.